The van der Waals surface area contributed by atoms with E-state index in [-0.39, 0.29) is 18.0 Å². The lowest BCUT2D eigenvalue weighted by molar-refractivity contribution is 0.00708. The monoisotopic (exact) mass is 320 g/mol. The van der Waals surface area contributed by atoms with E-state index < -0.39 is 0 Å². The van der Waals surface area contributed by atoms with Gasteiger partial charge < -0.3 is 5.11 Å². The van der Waals surface area contributed by atoms with Crippen LogP contribution in [0.4, 0.5) is 4.39 Å². The van der Waals surface area contributed by atoms with Crippen LogP contribution in [0.3, 0.4) is 0 Å². The number of thiazole rings is 1. The predicted octanol–water partition coefficient (Wildman–Crippen LogP) is 3.16. The molecule has 2 atom stereocenters. The van der Waals surface area contributed by atoms with E-state index in [0.717, 1.165) is 37.2 Å². The van der Waals surface area contributed by atoms with E-state index >= 15 is 0 Å². The van der Waals surface area contributed by atoms with Gasteiger partial charge in [-0.2, -0.15) is 0 Å². The van der Waals surface area contributed by atoms with Gasteiger partial charge >= 0.3 is 0 Å². The van der Waals surface area contributed by atoms with Gasteiger partial charge in [-0.1, -0.05) is 12.1 Å². The highest BCUT2D eigenvalue weighted by molar-refractivity contribution is 7.09. The molecule has 0 spiro atoms. The fourth-order valence-electron chi connectivity index (χ4n) is 3.13. The van der Waals surface area contributed by atoms with Gasteiger partial charge in [-0.05, 0) is 50.4 Å². The lowest BCUT2D eigenvalue weighted by Gasteiger charge is -2.39. The molecule has 0 saturated carbocycles. The van der Waals surface area contributed by atoms with Crippen molar-refractivity contribution in [3.63, 3.8) is 0 Å². The third kappa shape index (κ3) is 3.54. The van der Waals surface area contributed by atoms with Crippen LogP contribution in [0.2, 0.25) is 0 Å². The minimum Gasteiger partial charge on any atom is -0.391 e. The molecule has 1 aromatic heterocycles. The SMILES string of the molecule is Cc1ncsc1CN1CCC[C@H](O)[C@@H]1Cc1cccc(F)c1. The Balaban J connectivity index is 1.76. The van der Waals surface area contributed by atoms with Crippen LogP contribution in [-0.4, -0.2) is 33.7 Å². The van der Waals surface area contributed by atoms with E-state index in [0.29, 0.717) is 6.42 Å². The summed E-state index contributed by atoms with van der Waals surface area (Å²) in [5, 5.41) is 10.4. The van der Waals surface area contributed by atoms with Crippen LogP contribution >= 0.6 is 11.3 Å². The number of likely N-dealkylation sites (tertiary alicyclic amines) is 1. The van der Waals surface area contributed by atoms with Crippen molar-refractivity contribution in [1.29, 1.82) is 0 Å². The Bertz CT molecular complexity index is 631. The first-order valence-electron chi connectivity index (χ1n) is 7.69. The maximum absolute atomic E-state index is 13.4. The summed E-state index contributed by atoms with van der Waals surface area (Å²) in [5.41, 5.74) is 3.87. The summed E-state index contributed by atoms with van der Waals surface area (Å²) in [5.74, 6) is -0.215. The molecule has 3 rings (SSSR count). The minimum atomic E-state index is -0.356. The van der Waals surface area contributed by atoms with E-state index in [1.54, 1.807) is 23.5 Å². The summed E-state index contributed by atoms with van der Waals surface area (Å²) < 4.78 is 13.4. The highest BCUT2D eigenvalue weighted by Gasteiger charge is 2.30. The molecule has 1 aliphatic rings. The number of aromatic nitrogens is 1. The van der Waals surface area contributed by atoms with Gasteiger partial charge in [-0.15, -0.1) is 11.3 Å². The maximum Gasteiger partial charge on any atom is 0.123 e. The standard InChI is InChI=1S/C17H21FN2OS/c1-12-17(22-11-19-12)10-20-7-3-6-16(21)15(20)9-13-4-2-5-14(18)8-13/h2,4-5,8,11,15-16,21H,3,6-7,9-10H2,1H3/t15-,16-/m0/s1. The summed E-state index contributed by atoms with van der Waals surface area (Å²) >= 11 is 1.66. The molecule has 1 fully saturated rings. The van der Waals surface area contributed by atoms with Gasteiger partial charge in [0.2, 0.25) is 0 Å². The number of benzene rings is 1. The Morgan fingerprint density at radius 3 is 3.05 bits per heavy atom. The van der Waals surface area contributed by atoms with Gasteiger partial charge in [-0.25, -0.2) is 9.37 Å². The van der Waals surface area contributed by atoms with Crippen LogP contribution < -0.4 is 0 Å². The predicted molar refractivity (Wildman–Crippen MR) is 86.4 cm³/mol. The van der Waals surface area contributed by atoms with E-state index in [4.69, 9.17) is 0 Å². The molecule has 0 amide bonds. The van der Waals surface area contributed by atoms with Crippen LogP contribution in [0, 0.1) is 12.7 Å². The van der Waals surface area contributed by atoms with Gasteiger partial charge in [0.1, 0.15) is 5.82 Å². The normalized spacial score (nSPS) is 22.9. The zero-order valence-corrected chi connectivity index (χ0v) is 13.5. The molecule has 3 nitrogen and oxygen atoms in total. The molecule has 0 radical (unpaired) electrons. The molecule has 118 valence electrons. The molecule has 0 aliphatic carbocycles. The quantitative estimate of drug-likeness (QED) is 0.940. The molecule has 2 aromatic rings. The second-order valence-corrected chi connectivity index (χ2v) is 6.88. The number of halogens is 1. The van der Waals surface area contributed by atoms with E-state index in [1.165, 1.54) is 10.9 Å². The molecular weight excluding hydrogens is 299 g/mol. The number of piperidine rings is 1. The number of rotatable bonds is 4. The van der Waals surface area contributed by atoms with E-state index in [9.17, 15) is 9.50 Å². The number of nitrogens with zero attached hydrogens (tertiary/aromatic N) is 2. The van der Waals surface area contributed by atoms with Gasteiger partial charge in [0, 0.05) is 17.5 Å². The molecule has 2 heterocycles. The van der Waals surface area contributed by atoms with Crippen LogP contribution in [0.15, 0.2) is 29.8 Å². The van der Waals surface area contributed by atoms with Crippen LogP contribution in [0.25, 0.3) is 0 Å². The molecule has 1 N–H and O–H groups in total. The lowest BCUT2D eigenvalue weighted by Crippen LogP contribution is -2.48. The molecule has 1 aromatic carbocycles. The van der Waals surface area contributed by atoms with Crippen LogP contribution in [0.5, 0.6) is 0 Å². The van der Waals surface area contributed by atoms with E-state index in [2.05, 4.69) is 9.88 Å². The van der Waals surface area contributed by atoms with Gasteiger partial charge in [0.05, 0.1) is 17.3 Å². The third-order valence-corrected chi connectivity index (χ3v) is 5.30. The van der Waals surface area contributed by atoms with Gasteiger partial charge in [0.15, 0.2) is 0 Å². The highest BCUT2D eigenvalue weighted by Crippen LogP contribution is 2.25. The zero-order chi connectivity index (χ0) is 15.5. The zero-order valence-electron chi connectivity index (χ0n) is 12.7. The number of hydrogen-bond donors (Lipinski definition) is 1. The Morgan fingerprint density at radius 1 is 1.45 bits per heavy atom. The van der Waals surface area contributed by atoms with Crippen molar-refractivity contribution >= 4 is 11.3 Å². The first kappa shape index (κ1) is 15.6. The van der Waals surface area contributed by atoms with Crippen LogP contribution in [0.1, 0.15) is 29.0 Å². The number of aliphatic hydroxyl groups excluding tert-OH is 1. The van der Waals surface area contributed by atoms with Crippen molar-refractivity contribution in [2.75, 3.05) is 6.54 Å². The Kier molecular flexibility index (Phi) is 4.86. The van der Waals surface area contributed by atoms with Crippen molar-refractivity contribution in [2.24, 2.45) is 0 Å². The fraction of sp³-hybridized carbons (Fsp3) is 0.471. The minimum absolute atomic E-state index is 0.0389. The van der Waals surface area contributed by atoms with Crippen molar-refractivity contribution < 1.29 is 9.50 Å². The van der Waals surface area contributed by atoms with Gasteiger partial charge in [-0.3, -0.25) is 4.90 Å². The Hall–Kier alpha value is -1.30. The fourth-order valence-corrected chi connectivity index (χ4v) is 3.94. The smallest absolute Gasteiger partial charge is 0.123 e. The average Bonchev–Trinajstić information content (AvgIpc) is 2.88. The van der Waals surface area contributed by atoms with Crippen LogP contribution in [-0.2, 0) is 13.0 Å². The summed E-state index contributed by atoms with van der Waals surface area (Å²) in [6.45, 7) is 3.80. The second-order valence-electron chi connectivity index (χ2n) is 5.94. The second kappa shape index (κ2) is 6.86. The number of hydrogen-bond acceptors (Lipinski definition) is 4. The Morgan fingerprint density at radius 2 is 2.32 bits per heavy atom. The van der Waals surface area contributed by atoms with Gasteiger partial charge in [0.25, 0.3) is 0 Å². The van der Waals surface area contributed by atoms with E-state index in [1.807, 2.05) is 18.5 Å². The Labute approximate surface area is 134 Å². The number of aliphatic hydroxyl groups is 1. The van der Waals surface area contributed by atoms with Crippen molar-refractivity contribution in [3.05, 3.63) is 51.7 Å². The van der Waals surface area contributed by atoms with Crippen molar-refractivity contribution in [1.82, 2.24) is 9.88 Å². The summed E-state index contributed by atoms with van der Waals surface area (Å²) in [7, 11) is 0. The molecule has 1 saturated heterocycles. The lowest BCUT2D eigenvalue weighted by atomic mass is 9.93. The molecule has 0 unspecified atom stereocenters. The largest absolute Gasteiger partial charge is 0.391 e. The third-order valence-electron chi connectivity index (χ3n) is 4.38. The summed E-state index contributed by atoms with van der Waals surface area (Å²) in [6, 6.07) is 6.73. The molecular formula is C17H21FN2OS. The van der Waals surface area contributed by atoms with Crippen molar-refractivity contribution in [3.8, 4) is 0 Å². The molecule has 22 heavy (non-hydrogen) atoms. The topological polar surface area (TPSA) is 36.4 Å². The maximum atomic E-state index is 13.4. The highest BCUT2D eigenvalue weighted by atomic mass is 32.1. The summed E-state index contributed by atoms with van der Waals surface area (Å²) in [6.07, 6.45) is 2.14. The first-order chi connectivity index (χ1) is 10.6. The summed E-state index contributed by atoms with van der Waals surface area (Å²) in [4.78, 5) is 7.87. The molecule has 5 heteroatoms. The molecule has 0 bridgehead atoms. The molecule has 1 aliphatic heterocycles. The number of aryl methyl sites for hydroxylation is 1. The average molecular weight is 320 g/mol. The first-order valence-corrected chi connectivity index (χ1v) is 8.57. The van der Waals surface area contributed by atoms with Crippen molar-refractivity contribution in [2.45, 2.75) is 44.9 Å².